The number of hydrogen-bond donors (Lipinski definition) is 0. The van der Waals surface area contributed by atoms with E-state index in [1.54, 1.807) is 0 Å². The predicted octanol–water partition coefficient (Wildman–Crippen LogP) is 6.97. The lowest BCUT2D eigenvalue weighted by Gasteiger charge is -2.41. The number of hydrogen-bond acceptors (Lipinski definition) is 2. The van der Waals surface area contributed by atoms with Gasteiger partial charge in [0.05, 0.1) is 6.20 Å². The van der Waals surface area contributed by atoms with Crippen LogP contribution in [0.5, 0.6) is 5.88 Å². The van der Waals surface area contributed by atoms with Gasteiger partial charge in [0.2, 0.25) is 0 Å². The second-order valence-corrected chi connectivity index (χ2v) is 27.9. The summed E-state index contributed by atoms with van der Waals surface area (Å²) < 4.78 is 17.1. The van der Waals surface area contributed by atoms with Crippen LogP contribution in [0.3, 0.4) is 0 Å². The third kappa shape index (κ3) is 5.21. The van der Waals surface area contributed by atoms with E-state index in [0.717, 1.165) is 11.5 Å². The maximum Gasteiger partial charge on any atom is 0.252 e. The Morgan fingerprint density at radius 3 is 1.55 bits per heavy atom. The Hall–Kier alpha value is -0.539. The van der Waals surface area contributed by atoms with E-state index in [1.165, 1.54) is 0 Å². The molecule has 0 saturated heterocycles. The van der Waals surface area contributed by atoms with Crippen LogP contribution in [-0.4, -0.2) is 33.6 Å². The molecule has 1 heterocycles. The third-order valence-corrected chi connectivity index (χ3v) is 21.8. The molecule has 4 nitrogen and oxygen atoms in total. The molecule has 1 rings (SSSR count). The Balaban J connectivity index is 3.94. The van der Waals surface area contributed by atoms with E-state index in [-0.39, 0.29) is 15.1 Å². The topological polar surface area (TPSA) is 31.4 Å². The summed E-state index contributed by atoms with van der Waals surface area (Å²) in [6, 6.07) is 0. The highest BCUT2D eigenvalue weighted by atomic mass is 28.4. The number of aryl methyl sites for hydroxylation is 1. The molecular weight excluding hydrogens is 407 g/mol. The predicted molar refractivity (Wildman–Crippen MR) is 137 cm³/mol. The quantitative estimate of drug-likeness (QED) is 0.451. The summed E-state index contributed by atoms with van der Waals surface area (Å²) >= 11 is 0. The van der Waals surface area contributed by atoms with Crippen LogP contribution in [0.2, 0.25) is 54.4 Å². The summed E-state index contributed by atoms with van der Waals surface area (Å²) in [5.74, 6) is 1.02. The number of nitrogens with zero attached hydrogens (tertiary/aromatic N) is 3. The van der Waals surface area contributed by atoms with Crippen molar-refractivity contribution in [3.05, 3.63) is 11.8 Å². The zero-order valence-electron chi connectivity index (χ0n) is 22.3. The normalized spacial score (nSPS) is 15.8. The van der Waals surface area contributed by atoms with Crippen molar-refractivity contribution < 1.29 is 4.43 Å². The second kappa shape index (κ2) is 7.55. The van der Waals surface area contributed by atoms with Crippen LogP contribution < -0.4 is 10.0 Å². The summed E-state index contributed by atoms with van der Waals surface area (Å²) in [4.78, 5) is 0. The van der Waals surface area contributed by atoms with Gasteiger partial charge in [-0.1, -0.05) is 75.4 Å². The van der Waals surface area contributed by atoms with Gasteiger partial charge in [-0.2, -0.15) is 0 Å². The van der Waals surface area contributed by atoms with Gasteiger partial charge < -0.3 is 13.2 Å². The minimum atomic E-state index is -1.96. The molecule has 0 N–H and O–H groups in total. The van der Waals surface area contributed by atoms with Gasteiger partial charge >= 0.3 is 0 Å². The minimum absolute atomic E-state index is 0.158. The van der Waals surface area contributed by atoms with Crippen molar-refractivity contribution in [3.63, 3.8) is 0 Å². The highest BCUT2D eigenvalue weighted by Gasteiger charge is 2.45. The first kappa shape index (κ1) is 26.5. The first-order valence-corrected chi connectivity index (χ1v) is 19.8. The fourth-order valence-corrected chi connectivity index (χ4v) is 6.72. The Morgan fingerprint density at radius 2 is 1.21 bits per heavy atom. The molecule has 0 saturated carbocycles. The van der Waals surface area contributed by atoms with Crippen molar-refractivity contribution in [2.45, 2.75) is 117 Å². The van der Waals surface area contributed by atoms with Gasteiger partial charge in [0.15, 0.2) is 28.0 Å². The molecule has 0 atom stereocenters. The van der Waals surface area contributed by atoms with E-state index in [1.807, 2.05) is 0 Å². The van der Waals surface area contributed by atoms with Gasteiger partial charge in [0.1, 0.15) is 0 Å². The van der Waals surface area contributed by atoms with E-state index in [0.29, 0.717) is 0 Å². The van der Waals surface area contributed by atoms with Crippen LogP contribution in [0.25, 0.3) is 0 Å². The standard InChI is InChI=1S/C22H49N3OSi3/c1-20(2,3)27(11,12)23-19-24(10)17-18(26-29(15,16)22(7,8)9)25(19)28(13,14)21(4,5)6/h17H,1-16H3. The van der Waals surface area contributed by atoms with Gasteiger partial charge in [-0.25, -0.2) is 0 Å². The van der Waals surface area contributed by atoms with Crippen molar-refractivity contribution in [2.24, 2.45) is 11.7 Å². The van der Waals surface area contributed by atoms with Gasteiger partial charge in [0, 0.05) is 7.05 Å². The van der Waals surface area contributed by atoms with E-state index in [9.17, 15) is 0 Å². The average molecular weight is 456 g/mol. The molecule has 0 fully saturated rings. The summed E-state index contributed by atoms with van der Waals surface area (Å²) in [6.07, 6.45) is 2.19. The van der Waals surface area contributed by atoms with Crippen LogP contribution in [-0.2, 0) is 7.05 Å². The molecule has 0 aliphatic carbocycles. The molecule has 0 radical (unpaired) electrons. The van der Waals surface area contributed by atoms with Crippen molar-refractivity contribution in [2.75, 3.05) is 0 Å². The Kier molecular flexibility index (Phi) is 6.90. The fraction of sp³-hybridized carbons (Fsp3) is 0.864. The lowest BCUT2D eigenvalue weighted by atomic mass is 10.2. The Bertz CT molecular complexity index is 795. The zero-order chi connectivity index (χ0) is 23.4. The second-order valence-electron chi connectivity index (χ2n) is 13.3. The molecule has 0 spiro atoms. The van der Waals surface area contributed by atoms with Crippen LogP contribution in [0, 0.1) is 0 Å². The Labute approximate surface area is 184 Å². The van der Waals surface area contributed by atoms with Crippen LogP contribution in [0.1, 0.15) is 62.3 Å². The zero-order valence-corrected chi connectivity index (χ0v) is 25.3. The highest BCUT2D eigenvalue weighted by Crippen LogP contribution is 2.42. The summed E-state index contributed by atoms with van der Waals surface area (Å²) in [7, 11) is -3.64. The first-order chi connectivity index (χ1) is 12.5. The number of imidazole rings is 1. The van der Waals surface area contributed by atoms with E-state index in [2.05, 4.69) is 124 Å². The van der Waals surface area contributed by atoms with Crippen molar-refractivity contribution >= 4 is 24.8 Å². The smallest absolute Gasteiger partial charge is 0.252 e. The molecule has 1 aromatic rings. The van der Waals surface area contributed by atoms with Crippen molar-refractivity contribution in [3.8, 4) is 5.88 Å². The molecule has 0 bridgehead atoms. The molecule has 0 amide bonds. The van der Waals surface area contributed by atoms with Crippen molar-refractivity contribution in [1.29, 1.82) is 0 Å². The van der Waals surface area contributed by atoms with Crippen LogP contribution in [0.15, 0.2) is 10.9 Å². The van der Waals surface area contributed by atoms with Gasteiger partial charge in [-0.15, -0.1) is 0 Å². The van der Waals surface area contributed by atoms with Crippen LogP contribution in [0.4, 0.5) is 0 Å². The first-order valence-electron chi connectivity index (χ1n) is 11.0. The van der Waals surface area contributed by atoms with Gasteiger partial charge in [0.25, 0.3) is 8.32 Å². The Morgan fingerprint density at radius 1 is 0.759 bits per heavy atom. The molecule has 170 valence electrons. The maximum atomic E-state index is 6.91. The lowest BCUT2D eigenvalue weighted by Crippen LogP contribution is -2.54. The van der Waals surface area contributed by atoms with Gasteiger partial charge in [-0.3, -0.25) is 4.66 Å². The summed E-state index contributed by atoms with van der Waals surface area (Å²) in [6.45, 7) is 35.3. The molecule has 0 aliphatic heterocycles. The van der Waals surface area contributed by atoms with Crippen LogP contribution >= 0.6 is 0 Å². The van der Waals surface area contributed by atoms with E-state index >= 15 is 0 Å². The summed E-state index contributed by atoms with van der Waals surface area (Å²) in [5.41, 5.74) is 1.09. The van der Waals surface area contributed by atoms with Crippen molar-refractivity contribution in [1.82, 2.24) is 8.80 Å². The number of rotatable bonds is 4. The monoisotopic (exact) mass is 455 g/mol. The third-order valence-electron chi connectivity index (χ3n) is 7.82. The molecule has 0 unspecified atom stereocenters. The number of aromatic nitrogens is 2. The molecule has 1 aromatic heterocycles. The van der Waals surface area contributed by atoms with E-state index < -0.39 is 24.8 Å². The SMILES string of the molecule is Cn1cc(O[Si](C)(C)C(C)(C)C)n([Si](C)(C)C(C)(C)C)c1=N[Si](C)(C)C(C)(C)C. The average Bonchev–Trinajstić information content (AvgIpc) is 2.69. The van der Waals surface area contributed by atoms with E-state index in [4.69, 9.17) is 9.08 Å². The van der Waals surface area contributed by atoms with Gasteiger partial charge in [-0.05, 0) is 41.3 Å². The lowest BCUT2D eigenvalue weighted by molar-refractivity contribution is 0.467. The highest BCUT2D eigenvalue weighted by molar-refractivity contribution is 6.80. The molecule has 7 heteroatoms. The fourth-order valence-electron chi connectivity index (χ4n) is 2.43. The largest absolute Gasteiger partial charge is 0.531 e. The molecular formula is C22H49N3OSi3. The molecule has 0 aromatic carbocycles. The molecule has 29 heavy (non-hydrogen) atoms. The maximum absolute atomic E-state index is 6.91. The minimum Gasteiger partial charge on any atom is -0.531 e. The molecule has 0 aliphatic rings. The summed E-state index contributed by atoms with van der Waals surface area (Å²) in [5, 5.41) is 0.538.